The van der Waals surface area contributed by atoms with Crippen LogP contribution in [0.4, 0.5) is 10.5 Å². The zero-order valence-electron chi connectivity index (χ0n) is 11.4. The number of non-ortho nitro benzene ring substituents is 1. The van der Waals surface area contributed by atoms with Crippen molar-refractivity contribution in [2.45, 2.75) is 0 Å². The molecule has 0 unspecified atom stereocenters. The Kier molecular flexibility index (Phi) is 6.20. The van der Waals surface area contributed by atoms with Crippen molar-refractivity contribution in [2.24, 2.45) is 11.6 Å². The predicted octanol–water partition coefficient (Wildman–Crippen LogP) is 1.35. The third-order valence-corrected chi connectivity index (χ3v) is 2.52. The lowest BCUT2D eigenvalue weighted by Gasteiger charge is -2.00. The summed E-state index contributed by atoms with van der Waals surface area (Å²) in [7, 11) is 0. The lowest BCUT2D eigenvalue weighted by Crippen LogP contribution is -2.34. The number of urea groups is 1. The molecule has 114 valence electrons. The molecule has 0 fully saturated rings. The molecule has 0 spiro atoms. The Labute approximate surface area is 125 Å². The van der Waals surface area contributed by atoms with Gasteiger partial charge in [-0.15, -0.1) is 0 Å². The smallest absolute Gasteiger partial charge is 0.326 e. The van der Waals surface area contributed by atoms with E-state index >= 15 is 0 Å². The van der Waals surface area contributed by atoms with E-state index < -0.39 is 11.0 Å². The number of benzene rings is 2. The van der Waals surface area contributed by atoms with Crippen molar-refractivity contribution >= 4 is 17.5 Å². The van der Waals surface area contributed by atoms with E-state index in [1.165, 1.54) is 24.3 Å². The monoisotopic (exact) mass is 302 g/mol. The number of carbonyl (C=O) groups is 2. The Morgan fingerprint density at radius 1 is 0.955 bits per heavy atom. The van der Waals surface area contributed by atoms with Crippen LogP contribution in [0.1, 0.15) is 15.9 Å². The average molecular weight is 302 g/mol. The molecule has 0 aliphatic rings. The second-order valence-corrected chi connectivity index (χ2v) is 4.01. The van der Waals surface area contributed by atoms with Gasteiger partial charge in [0.1, 0.15) is 0 Å². The highest BCUT2D eigenvalue weighted by molar-refractivity contribution is 6.09. The lowest BCUT2D eigenvalue weighted by molar-refractivity contribution is -0.384. The van der Waals surface area contributed by atoms with Crippen LogP contribution >= 0.6 is 0 Å². The number of nitro groups is 1. The maximum absolute atomic E-state index is 12.0. The fraction of sp³-hybridized carbons (Fsp3) is 0. The topological polar surface area (TPSA) is 141 Å². The summed E-state index contributed by atoms with van der Waals surface area (Å²) in [5.41, 5.74) is 7.08. The highest BCUT2D eigenvalue weighted by atomic mass is 16.6. The van der Waals surface area contributed by atoms with Gasteiger partial charge in [-0.25, -0.2) is 10.6 Å². The van der Waals surface area contributed by atoms with Gasteiger partial charge in [0.05, 0.1) is 4.92 Å². The largest absolute Gasteiger partial charge is 0.351 e. The normalized spacial score (nSPS) is 9.14. The van der Waals surface area contributed by atoms with E-state index in [9.17, 15) is 19.7 Å². The third-order valence-electron chi connectivity index (χ3n) is 2.52. The summed E-state index contributed by atoms with van der Waals surface area (Å²) in [6, 6.07) is 13.7. The van der Waals surface area contributed by atoms with Crippen LogP contribution < -0.4 is 17.0 Å². The van der Waals surface area contributed by atoms with Crippen LogP contribution in [0.3, 0.4) is 0 Å². The van der Waals surface area contributed by atoms with E-state index in [4.69, 9.17) is 0 Å². The highest BCUT2D eigenvalue weighted by Crippen LogP contribution is 2.15. The summed E-state index contributed by atoms with van der Waals surface area (Å²) < 4.78 is 0. The molecule has 0 heterocycles. The Bertz CT molecular complexity index is 656. The SMILES string of the molecule is NNC(N)=O.O=C(c1ccccc1)c1ccc([N+](=O)[O-])cc1. The van der Waals surface area contributed by atoms with E-state index in [1.807, 2.05) is 6.07 Å². The standard InChI is InChI=1S/C13H9NO3.CH5N3O/c15-13(10-4-2-1-3-5-10)11-6-8-12(9-7-11)14(16)17;2-1(5)4-3/h1-9H;3H2,(H3,2,4,5). The molecule has 2 aromatic carbocycles. The minimum absolute atomic E-state index is 0.0189. The van der Waals surface area contributed by atoms with E-state index in [0.29, 0.717) is 11.1 Å². The maximum Gasteiger partial charge on any atom is 0.326 e. The van der Waals surface area contributed by atoms with Crippen LogP contribution in [0.5, 0.6) is 0 Å². The summed E-state index contributed by atoms with van der Waals surface area (Å²) >= 11 is 0. The molecule has 2 aromatic rings. The van der Waals surface area contributed by atoms with Crippen molar-refractivity contribution in [3.8, 4) is 0 Å². The zero-order chi connectivity index (χ0) is 16.5. The summed E-state index contributed by atoms with van der Waals surface area (Å²) in [5.74, 6) is 4.31. The first-order chi connectivity index (χ1) is 10.5. The lowest BCUT2D eigenvalue weighted by atomic mass is 10.0. The summed E-state index contributed by atoms with van der Waals surface area (Å²) in [6.07, 6.45) is 0. The first-order valence-corrected chi connectivity index (χ1v) is 6.06. The molecule has 0 saturated heterocycles. The third kappa shape index (κ3) is 5.02. The van der Waals surface area contributed by atoms with Gasteiger partial charge in [0, 0.05) is 23.3 Å². The Hall–Kier alpha value is -3.26. The molecule has 22 heavy (non-hydrogen) atoms. The van der Waals surface area contributed by atoms with Gasteiger partial charge < -0.3 is 5.73 Å². The van der Waals surface area contributed by atoms with Gasteiger partial charge in [-0.05, 0) is 12.1 Å². The van der Waals surface area contributed by atoms with Gasteiger partial charge in [-0.2, -0.15) is 0 Å². The highest BCUT2D eigenvalue weighted by Gasteiger charge is 2.10. The van der Waals surface area contributed by atoms with E-state index in [1.54, 1.807) is 29.7 Å². The number of amides is 2. The van der Waals surface area contributed by atoms with Crippen molar-refractivity contribution in [1.29, 1.82) is 0 Å². The molecule has 0 saturated carbocycles. The molecule has 5 N–H and O–H groups in total. The fourth-order valence-corrected chi connectivity index (χ4v) is 1.49. The van der Waals surface area contributed by atoms with Crippen LogP contribution in [0.2, 0.25) is 0 Å². The van der Waals surface area contributed by atoms with Crippen molar-refractivity contribution in [3.63, 3.8) is 0 Å². The molecular formula is C14H14N4O4. The van der Waals surface area contributed by atoms with Gasteiger partial charge in [0.15, 0.2) is 5.78 Å². The second-order valence-electron chi connectivity index (χ2n) is 4.01. The molecule has 0 aromatic heterocycles. The van der Waals surface area contributed by atoms with Crippen molar-refractivity contribution in [3.05, 3.63) is 75.8 Å². The predicted molar refractivity (Wildman–Crippen MR) is 79.9 cm³/mol. The number of rotatable bonds is 3. The summed E-state index contributed by atoms with van der Waals surface area (Å²) in [5, 5.41) is 10.5. The Balaban J connectivity index is 0.000000422. The van der Waals surface area contributed by atoms with Gasteiger partial charge in [0.25, 0.3) is 5.69 Å². The van der Waals surface area contributed by atoms with Crippen LogP contribution in [-0.2, 0) is 0 Å². The molecule has 8 nitrogen and oxygen atoms in total. The molecule has 2 rings (SSSR count). The van der Waals surface area contributed by atoms with Crippen molar-refractivity contribution in [1.82, 2.24) is 5.43 Å². The fourth-order valence-electron chi connectivity index (χ4n) is 1.49. The van der Waals surface area contributed by atoms with E-state index in [0.717, 1.165) is 0 Å². The number of nitrogens with zero attached hydrogens (tertiary/aromatic N) is 1. The number of hydrogen-bond donors (Lipinski definition) is 3. The summed E-state index contributed by atoms with van der Waals surface area (Å²) in [4.78, 5) is 31.3. The maximum atomic E-state index is 12.0. The molecule has 2 amide bonds. The number of ketones is 1. The molecule has 0 radical (unpaired) electrons. The number of nitrogens with one attached hydrogen (secondary N) is 1. The second kappa shape index (κ2) is 8.12. The van der Waals surface area contributed by atoms with Crippen LogP contribution in [-0.4, -0.2) is 16.7 Å². The molecule has 0 bridgehead atoms. The molecule has 0 aliphatic carbocycles. The molecular weight excluding hydrogens is 288 g/mol. The number of carbonyl (C=O) groups excluding carboxylic acids is 2. The summed E-state index contributed by atoms with van der Waals surface area (Å²) in [6.45, 7) is 0. The molecule has 8 heteroatoms. The van der Waals surface area contributed by atoms with Crippen LogP contribution in [0.25, 0.3) is 0 Å². The number of nitro benzene ring substituents is 1. The zero-order valence-corrected chi connectivity index (χ0v) is 11.4. The van der Waals surface area contributed by atoms with Crippen molar-refractivity contribution < 1.29 is 14.5 Å². The number of hydrogen-bond acceptors (Lipinski definition) is 5. The molecule has 0 aliphatic heterocycles. The quantitative estimate of drug-likeness (QED) is 0.258. The van der Waals surface area contributed by atoms with Gasteiger partial charge in [-0.3, -0.25) is 20.3 Å². The number of primary amides is 1. The number of hydrazine groups is 1. The first kappa shape index (κ1) is 16.8. The van der Waals surface area contributed by atoms with Crippen molar-refractivity contribution in [2.75, 3.05) is 0 Å². The number of nitrogens with two attached hydrogens (primary N) is 2. The average Bonchev–Trinajstić information content (AvgIpc) is 2.55. The minimum Gasteiger partial charge on any atom is -0.351 e. The van der Waals surface area contributed by atoms with E-state index in [2.05, 4.69) is 11.6 Å². The van der Waals surface area contributed by atoms with E-state index in [-0.39, 0.29) is 11.5 Å². The Morgan fingerprint density at radius 2 is 1.41 bits per heavy atom. The first-order valence-electron chi connectivity index (χ1n) is 6.06. The van der Waals surface area contributed by atoms with Crippen LogP contribution in [0, 0.1) is 10.1 Å². The van der Waals surface area contributed by atoms with Gasteiger partial charge in [-0.1, -0.05) is 30.3 Å². The van der Waals surface area contributed by atoms with Gasteiger partial charge >= 0.3 is 6.03 Å². The Morgan fingerprint density at radius 3 is 1.82 bits per heavy atom. The van der Waals surface area contributed by atoms with Gasteiger partial charge in [0.2, 0.25) is 0 Å². The van der Waals surface area contributed by atoms with Crippen LogP contribution in [0.15, 0.2) is 54.6 Å². The minimum atomic E-state index is -0.718. The molecule has 0 atom stereocenters.